The summed E-state index contributed by atoms with van der Waals surface area (Å²) in [6.45, 7) is 6.91. The van der Waals surface area contributed by atoms with E-state index in [0.29, 0.717) is 41.0 Å². The smallest absolute Gasteiger partial charge is 0.248 e. The summed E-state index contributed by atoms with van der Waals surface area (Å²) in [7, 11) is 1.55. The van der Waals surface area contributed by atoms with E-state index in [9.17, 15) is 9.35 Å². The molecule has 238 valence electrons. The van der Waals surface area contributed by atoms with Crippen LogP contribution in [-0.2, 0) is 33.0 Å². The minimum absolute atomic E-state index is 0.307. The lowest BCUT2D eigenvalue weighted by atomic mass is 10.0. The van der Waals surface area contributed by atoms with Crippen LogP contribution in [0.1, 0.15) is 44.4 Å². The van der Waals surface area contributed by atoms with E-state index in [2.05, 4.69) is 28.7 Å². The second-order valence-electron chi connectivity index (χ2n) is 10.4. The Bertz CT molecular complexity index is 1540. The van der Waals surface area contributed by atoms with Crippen LogP contribution in [0.4, 0.5) is 5.69 Å². The minimum atomic E-state index is -0.981. The first-order valence-electron chi connectivity index (χ1n) is 15.1. The highest BCUT2D eigenvalue weighted by atomic mass is 35.5. The fourth-order valence-corrected chi connectivity index (χ4v) is 6.05. The molecule has 1 heterocycles. The molecule has 0 radical (unpaired) electrons. The van der Waals surface area contributed by atoms with Crippen molar-refractivity contribution in [3.05, 3.63) is 95.5 Å². The van der Waals surface area contributed by atoms with Gasteiger partial charge in [-0.05, 0) is 78.6 Å². The molecule has 1 amide bonds. The molecular weight excluding hydrogens is 610 g/mol. The van der Waals surface area contributed by atoms with E-state index < -0.39 is 11.2 Å². The van der Waals surface area contributed by atoms with Gasteiger partial charge in [0.05, 0.1) is 37.0 Å². The van der Waals surface area contributed by atoms with E-state index in [-0.39, 0.29) is 5.91 Å². The molecule has 4 aromatic rings. The first-order chi connectivity index (χ1) is 21.9. The number of rotatable bonds is 17. The van der Waals surface area contributed by atoms with Crippen molar-refractivity contribution < 1.29 is 23.6 Å². The number of methoxy groups -OCH3 is 1. The Morgan fingerprint density at radius 2 is 1.80 bits per heavy atom. The minimum Gasteiger partial charge on any atom is -0.495 e. The molecule has 8 nitrogen and oxygen atoms in total. The molecule has 0 spiro atoms. The Morgan fingerprint density at radius 3 is 2.51 bits per heavy atom. The summed E-state index contributed by atoms with van der Waals surface area (Å²) in [5, 5.41) is 3.31. The highest BCUT2D eigenvalue weighted by Crippen LogP contribution is 2.35. The van der Waals surface area contributed by atoms with Gasteiger partial charge in [0.1, 0.15) is 18.1 Å². The number of benzene rings is 3. The Balaban J connectivity index is 1.37. The van der Waals surface area contributed by atoms with Gasteiger partial charge in [-0.15, -0.1) is 0 Å². The van der Waals surface area contributed by atoms with Crippen LogP contribution < -0.4 is 14.8 Å². The lowest BCUT2D eigenvalue weighted by Gasteiger charge is -2.12. The third-order valence-electron chi connectivity index (χ3n) is 6.96. The summed E-state index contributed by atoms with van der Waals surface area (Å²) in [5.74, 6) is 1.42. The number of hydrogen-bond acceptors (Lipinski definition) is 6. The van der Waals surface area contributed by atoms with Crippen LogP contribution in [0.5, 0.6) is 11.5 Å². The van der Waals surface area contributed by atoms with Crippen LogP contribution >= 0.6 is 11.6 Å². The summed E-state index contributed by atoms with van der Waals surface area (Å²) in [5.41, 5.74) is 4.11. The monoisotopic (exact) mass is 650 g/mol. The number of imidazole rings is 1. The number of aryl methyl sites for hydroxylation is 1. The molecule has 2 N–H and O–H groups in total. The number of ether oxygens (including phenoxy) is 3. The largest absolute Gasteiger partial charge is 0.495 e. The van der Waals surface area contributed by atoms with Gasteiger partial charge in [0.25, 0.3) is 0 Å². The maximum Gasteiger partial charge on any atom is 0.248 e. The van der Waals surface area contributed by atoms with Gasteiger partial charge < -0.3 is 24.1 Å². The van der Waals surface area contributed by atoms with Gasteiger partial charge in [0.2, 0.25) is 5.91 Å². The number of amides is 1. The number of nitrogens with one attached hydrogen (secondary N) is 1. The number of carbonyl (C=O) groups excluding carboxylic acids is 1. The Hall–Kier alpha value is -3.76. The number of carbonyl (C=O) groups is 1. The number of aromatic nitrogens is 2. The number of nitrogens with zero attached hydrogens (tertiary/aromatic N) is 2. The van der Waals surface area contributed by atoms with Gasteiger partial charge in [-0.2, -0.15) is 4.55 Å². The summed E-state index contributed by atoms with van der Waals surface area (Å²) in [6, 6.07) is 18.7. The van der Waals surface area contributed by atoms with E-state index >= 15 is 0 Å². The van der Waals surface area contributed by atoms with E-state index in [0.717, 1.165) is 59.9 Å². The number of halogens is 1. The molecule has 0 aliphatic rings. The predicted molar refractivity (Wildman–Crippen MR) is 183 cm³/mol. The molecule has 1 unspecified atom stereocenters. The van der Waals surface area contributed by atoms with Crippen LogP contribution in [0.25, 0.3) is 17.2 Å². The molecule has 1 atom stereocenters. The van der Waals surface area contributed by atoms with Crippen LogP contribution in [0.15, 0.2) is 84.2 Å². The van der Waals surface area contributed by atoms with Crippen LogP contribution in [-0.4, -0.2) is 46.9 Å². The summed E-state index contributed by atoms with van der Waals surface area (Å²) < 4.78 is 29.7. The quantitative estimate of drug-likeness (QED) is 0.0681. The first kappa shape index (κ1) is 34.1. The second kappa shape index (κ2) is 17.7. The summed E-state index contributed by atoms with van der Waals surface area (Å²) in [6.07, 6.45) is 9.87. The molecule has 0 saturated heterocycles. The average molecular weight is 651 g/mol. The van der Waals surface area contributed by atoms with Crippen molar-refractivity contribution in [2.75, 3.05) is 32.2 Å². The Morgan fingerprint density at radius 1 is 1.02 bits per heavy atom. The highest BCUT2D eigenvalue weighted by Gasteiger charge is 2.22. The van der Waals surface area contributed by atoms with E-state index in [1.165, 1.54) is 6.08 Å². The molecule has 0 fully saturated rings. The molecular formula is C35H41ClN3O5S+. The molecule has 4 rings (SSSR count). The predicted octanol–water partition coefficient (Wildman–Crippen LogP) is 8.12. The maximum absolute atomic E-state index is 12.8. The topological polar surface area (TPSA) is 94.8 Å². The molecule has 0 saturated carbocycles. The van der Waals surface area contributed by atoms with Gasteiger partial charge >= 0.3 is 0 Å². The number of hydrogen-bond donors (Lipinski definition) is 2. The van der Waals surface area contributed by atoms with Crippen molar-refractivity contribution in [2.24, 2.45) is 0 Å². The number of unbranched alkanes of at least 4 members (excludes halogenated alkanes) is 1. The molecule has 45 heavy (non-hydrogen) atoms. The molecule has 0 aliphatic carbocycles. The zero-order valence-corrected chi connectivity index (χ0v) is 27.6. The fraction of sp³-hybridized carbons (Fsp3) is 0.314. The van der Waals surface area contributed by atoms with Crippen molar-refractivity contribution in [1.29, 1.82) is 0 Å². The zero-order valence-electron chi connectivity index (χ0n) is 26.0. The zero-order chi connectivity index (χ0) is 32.0. The lowest BCUT2D eigenvalue weighted by molar-refractivity contribution is -0.111. The van der Waals surface area contributed by atoms with Crippen molar-refractivity contribution in [2.45, 2.75) is 50.3 Å². The normalized spacial score (nSPS) is 11.9. The third-order valence-corrected chi connectivity index (χ3v) is 8.62. The highest BCUT2D eigenvalue weighted by molar-refractivity contribution is 7.90. The lowest BCUT2D eigenvalue weighted by Crippen LogP contribution is -2.10. The van der Waals surface area contributed by atoms with Crippen molar-refractivity contribution in [3.8, 4) is 22.6 Å². The summed E-state index contributed by atoms with van der Waals surface area (Å²) in [4.78, 5) is 17.8. The van der Waals surface area contributed by atoms with E-state index in [1.54, 1.807) is 37.8 Å². The van der Waals surface area contributed by atoms with Crippen LogP contribution in [0, 0.1) is 0 Å². The maximum atomic E-state index is 12.8. The van der Waals surface area contributed by atoms with Gasteiger partial charge in [0, 0.05) is 30.5 Å². The van der Waals surface area contributed by atoms with Crippen molar-refractivity contribution >= 4 is 40.4 Å². The van der Waals surface area contributed by atoms with E-state index in [4.69, 9.17) is 25.8 Å². The molecule has 0 bridgehead atoms. The first-order valence-corrected chi connectivity index (χ1v) is 16.8. The molecule has 10 heteroatoms. The second-order valence-corrected chi connectivity index (χ2v) is 12.3. The van der Waals surface area contributed by atoms with Crippen molar-refractivity contribution in [1.82, 2.24) is 9.55 Å². The fourth-order valence-electron chi connectivity index (χ4n) is 4.61. The van der Waals surface area contributed by atoms with E-state index in [1.807, 2.05) is 48.5 Å². The molecule has 1 aromatic heterocycles. The third kappa shape index (κ3) is 10.1. The standard InChI is InChI=1S/C35H40ClN3O5S/c1-4-6-18-43-19-20-44-31-12-7-26(8-13-31)28-21-27(35(42-3)33(36)22-28)9-16-34(40)38-29-10-14-32(15-11-29)45(41)24-30-23-37-25-39(30)17-5-2/h7-16,21-23,25,41H,4-6,17-20,24H2,1-3H3/p+1/b16-9+. The number of anilines is 1. The Labute approximate surface area is 273 Å². The van der Waals surface area contributed by atoms with Crippen LogP contribution in [0.2, 0.25) is 5.02 Å². The van der Waals surface area contributed by atoms with Gasteiger partial charge in [-0.3, -0.25) is 4.79 Å². The SMILES string of the molecule is CCCCOCCOc1ccc(-c2cc(Cl)c(OC)c(/C=C/C(=O)Nc3ccc([S+](O)Cc4cncn4CCC)cc3)c2)cc1. The Kier molecular flexibility index (Phi) is 13.4. The molecule has 0 aliphatic heterocycles. The van der Waals surface area contributed by atoms with Gasteiger partial charge in [-0.25, -0.2) is 4.98 Å². The van der Waals surface area contributed by atoms with Crippen molar-refractivity contribution in [3.63, 3.8) is 0 Å². The van der Waals surface area contributed by atoms with Gasteiger partial charge in [0.15, 0.2) is 21.8 Å². The average Bonchev–Trinajstić information content (AvgIpc) is 3.48. The van der Waals surface area contributed by atoms with Gasteiger partial charge in [-0.1, -0.05) is 44.0 Å². The molecule has 3 aromatic carbocycles. The van der Waals surface area contributed by atoms with Crippen LogP contribution in [0.3, 0.4) is 0 Å². The summed E-state index contributed by atoms with van der Waals surface area (Å²) >= 11 is 5.59.